The number of fused-ring (bicyclic) bond motifs is 1. The van der Waals surface area contributed by atoms with Gasteiger partial charge < -0.3 is 9.80 Å². The number of unbranched alkanes of at least 4 members (excludes halogenated alkanes) is 1. The molecule has 0 bridgehead atoms. The first kappa shape index (κ1) is 15.5. The number of hydrogen-bond donors (Lipinski definition) is 0. The summed E-state index contributed by atoms with van der Waals surface area (Å²) >= 11 is 0. The summed E-state index contributed by atoms with van der Waals surface area (Å²) in [4.78, 5) is 27.3. The fourth-order valence-corrected chi connectivity index (χ4v) is 2.65. The number of benzene rings is 1. The monoisotopic (exact) mass is 288 g/mol. The van der Waals surface area contributed by atoms with Gasteiger partial charge in [-0.2, -0.15) is 0 Å². The molecule has 1 aliphatic rings. The molecule has 0 unspecified atom stereocenters. The van der Waals surface area contributed by atoms with Crippen molar-refractivity contribution >= 4 is 17.5 Å². The van der Waals surface area contributed by atoms with Crippen LogP contribution in [0.4, 0.5) is 5.69 Å². The third kappa shape index (κ3) is 3.63. The Morgan fingerprint density at radius 3 is 2.81 bits per heavy atom. The molecule has 2 amide bonds. The topological polar surface area (TPSA) is 40.6 Å². The van der Waals surface area contributed by atoms with Crippen LogP contribution in [0.1, 0.15) is 37.3 Å². The zero-order valence-electron chi connectivity index (χ0n) is 13.2. The van der Waals surface area contributed by atoms with Crippen LogP contribution in [-0.4, -0.2) is 37.4 Å². The van der Waals surface area contributed by atoms with E-state index in [9.17, 15) is 9.59 Å². The highest BCUT2D eigenvalue weighted by molar-refractivity contribution is 5.96. The molecule has 0 aromatic heterocycles. The lowest BCUT2D eigenvalue weighted by atomic mass is 9.98. The Bertz CT molecular complexity index is 540. The van der Waals surface area contributed by atoms with Crippen molar-refractivity contribution in [3.8, 4) is 0 Å². The number of nitrogens with zero attached hydrogens (tertiary/aromatic N) is 2. The Labute approximate surface area is 126 Å². The van der Waals surface area contributed by atoms with Crippen LogP contribution < -0.4 is 4.90 Å². The zero-order chi connectivity index (χ0) is 15.4. The van der Waals surface area contributed by atoms with Gasteiger partial charge in [0, 0.05) is 32.7 Å². The van der Waals surface area contributed by atoms with Crippen molar-refractivity contribution in [2.24, 2.45) is 0 Å². The number of likely N-dealkylation sites (N-methyl/N-ethyl adjacent to an activating group) is 1. The van der Waals surface area contributed by atoms with Gasteiger partial charge in [-0.15, -0.1) is 0 Å². The number of hydrogen-bond acceptors (Lipinski definition) is 2. The molecule has 1 heterocycles. The second-order valence-corrected chi connectivity index (χ2v) is 5.76. The second kappa shape index (κ2) is 6.74. The first-order valence-electron chi connectivity index (χ1n) is 7.65. The molecule has 0 atom stereocenters. The molecule has 114 valence electrons. The van der Waals surface area contributed by atoms with E-state index in [0.717, 1.165) is 37.1 Å². The van der Waals surface area contributed by atoms with E-state index in [2.05, 4.69) is 13.0 Å². The molecule has 0 saturated carbocycles. The van der Waals surface area contributed by atoms with E-state index in [1.54, 1.807) is 9.80 Å². The molecule has 0 aliphatic carbocycles. The van der Waals surface area contributed by atoms with Crippen LogP contribution >= 0.6 is 0 Å². The summed E-state index contributed by atoms with van der Waals surface area (Å²) in [6.45, 7) is 2.94. The summed E-state index contributed by atoms with van der Waals surface area (Å²) < 4.78 is 0. The molecule has 1 aromatic rings. The maximum atomic E-state index is 12.2. The molecular weight excluding hydrogens is 264 g/mol. The van der Waals surface area contributed by atoms with Crippen molar-refractivity contribution in [2.75, 3.05) is 25.5 Å². The van der Waals surface area contributed by atoms with E-state index in [0.29, 0.717) is 12.8 Å². The highest BCUT2D eigenvalue weighted by atomic mass is 16.2. The maximum absolute atomic E-state index is 12.2. The Morgan fingerprint density at radius 2 is 2.10 bits per heavy atom. The van der Waals surface area contributed by atoms with Crippen LogP contribution in [0.2, 0.25) is 0 Å². The Balaban J connectivity index is 2.06. The van der Waals surface area contributed by atoms with Crippen LogP contribution in [0.5, 0.6) is 0 Å². The minimum absolute atomic E-state index is 0.156. The van der Waals surface area contributed by atoms with Gasteiger partial charge in [0.2, 0.25) is 11.8 Å². The highest BCUT2D eigenvalue weighted by Crippen LogP contribution is 2.27. The van der Waals surface area contributed by atoms with Gasteiger partial charge in [-0.25, -0.2) is 0 Å². The summed E-state index contributed by atoms with van der Waals surface area (Å²) in [5, 5.41) is 0. The largest absolute Gasteiger partial charge is 0.345 e. The van der Waals surface area contributed by atoms with E-state index in [4.69, 9.17) is 0 Å². The standard InChI is InChI=1S/C17H24N2O2/c1-4-5-10-18(2)17(21)12-13-6-8-15-14(11-13)7-9-16(20)19(15)3/h6,8,11H,4-5,7,9-10,12H2,1-3H3. The fourth-order valence-electron chi connectivity index (χ4n) is 2.65. The average Bonchev–Trinajstić information content (AvgIpc) is 2.48. The van der Waals surface area contributed by atoms with Gasteiger partial charge in [0.25, 0.3) is 0 Å². The summed E-state index contributed by atoms with van der Waals surface area (Å²) in [5.41, 5.74) is 3.17. The Kier molecular flexibility index (Phi) is 4.99. The van der Waals surface area contributed by atoms with Crippen molar-refractivity contribution in [1.82, 2.24) is 4.90 Å². The molecular formula is C17H24N2O2. The molecule has 4 nitrogen and oxygen atoms in total. The van der Waals surface area contributed by atoms with Crippen molar-refractivity contribution in [3.63, 3.8) is 0 Å². The van der Waals surface area contributed by atoms with E-state index < -0.39 is 0 Å². The van der Waals surface area contributed by atoms with Gasteiger partial charge in [0.1, 0.15) is 0 Å². The van der Waals surface area contributed by atoms with Gasteiger partial charge >= 0.3 is 0 Å². The van der Waals surface area contributed by atoms with Gasteiger partial charge in [0.15, 0.2) is 0 Å². The zero-order valence-corrected chi connectivity index (χ0v) is 13.2. The average molecular weight is 288 g/mol. The van der Waals surface area contributed by atoms with Gasteiger partial charge in [-0.3, -0.25) is 9.59 Å². The molecule has 4 heteroatoms. The number of aryl methyl sites for hydroxylation is 1. The Morgan fingerprint density at radius 1 is 1.33 bits per heavy atom. The quantitative estimate of drug-likeness (QED) is 0.834. The van der Waals surface area contributed by atoms with Gasteiger partial charge in [-0.05, 0) is 30.0 Å². The molecule has 0 radical (unpaired) electrons. The van der Waals surface area contributed by atoms with Crippen molar-refractivity contribution in [1.29, 1.82) is 0 Å². The third-order valence-corrected chi connectivity index (χ3v) is 4.12. The molecule has 1 aliphatic heterocycles. The Hall–Kier alpha value is -1.84. The van der Waals surface area contributed by atoms with Gasteiger partial charge in [0.05, 0.1) is 6.42 Å². The number of carbonyl (C=O) groups excluding carboxylic acids is 2. The van der Waals surface area contributed by atoms with Crippen molar-refractivity contribution < 1.29 is 9.59 Å². The number of carbonyl (C=O) groups is 2. The normalized spacial score (nSPS) is 14.0. The van der Waals surface area contributed by atoms with E-state index in [1.165, 1.54) is 5.56 Å². The van der Waals surface area contributed by atoms with E-state index in [-0.39, 0.29) is 11.8 Å². The smallest absolute Gasteiger partial charge is 0.227 e. The SMILES string of the molecule is CCCCN(C)C(=O)Cc1ccc2c(c1)CCC(=O)N2C. The predicted molar refractivity (Wildman–Crippen MR) is 84.4 cm³/mol. The van der Waals surface area contributed by atoms with Crippen LogP contribution in [0.25, 0.3) is 0 Å². The van der Waals surface area contributed by atoms with Crippen LogP contribution in [0.15, 0.2) is 18.2 Å². The summed E-state index contributed by atoms with van der Waals surface area (Å²) in [6, 6.07) is 5.99. The lowest BCUT2D eigenvalue weighted by molar-refractivity contribution is -0.129. The van der Waals surface area contributed by atoms with Crippen LogP contribution in [0.3, 0.4) is 0 Å². The van der Waals surface area contributed by atoms with Crippen molar-refractivity contribution in [2.45, 2.75) is 39.0 Å². The number of rotatable bonds is 5. The molecule has 0 spiro atoms. The predicted octanol–water partition coefficient (Wildman–Crippen LogP) is 2.40. The van der Waals surface area contributed by atoms with Crippen LogP contribution in [-0.2, 0) is 22.4 Å². The maximum Gasteiger partial charge on any atom is 0.227 e. The molecule has 0 fully saturated rings. The fraction of sp³-hybridized carbons (Fsp3) is 0.529. The molecule has 2 rings (SSSR count). The summed E-state index contributed by atoms with van der Waals surface area (Å²) in [5.74, 6) is 0.314. The molecule has 0 saturated heterocycles. The lowest BCUT2D eigenvalue weighted by Crippen LogP contribution is -2.31. The van der Waals surface area contributed by atoms with E-state index >= 15 is 0 Å². The number of amides is 2. The summed E-state index contributed by atoms with van der Waals surface area (Å²) in [7, 11) is 3.67. The van der Waals surface area contributed by atoms with Crippen molar-refractivity contribution in [3.05, 3.63) is 29.3 Å². The summed E-state index contributed by atoms with van der Waals surface area (Å²) in [6.07, 6.45) is 3.89. The molecule has 0 N–H and O–H groups in total. The lowest BCUT2D eigenvalue weighted by Gasteiger charge is -2.26. The van der Waals surface area contributed by atoms with Crippen LogP contribution in [0, 0.1) is 0 Å². The van der Waals surface area contributed by atoms with Gasteiger partial charge in [-0.1, -0.05) is 25.5 Å². The first-order chi connectivity index (χ1) is 10.0. The second-order valence-electron chi connectivity index (χ2n) is 5.76. The third-order valence-electron chi connectivity index (χ3n) is 4.12. The highest BCUT2D eigenvalue weighted by Gasteiger charge is 2.21. The minimum Gasteiger partial charge on any atom is -0.345 e. The number of anilines is 1. The molecule has 1 aromatic carbocycles. The first-order valence-corrected chi connectivity index (χ1v) is 7.65. The van der Waals surface area contributed by atoms with E-state index in [1.807, 2.05) is 26.2 Å². The molecule has 21 heavy (non-hydrogen) atoms. The minimum atomic E-state index is 0.156.